The maximum absolute atomic E-state index is 7.30. The van der Waals surface area contributed by atoms with Gasteiger partial charge in [0.2, 0.25) is 0 Å². The summed E-state index contributed by atoms with van der Waals surface area (Å²) in [6, 6.07) is 17.0. The molecule has 2 N–H and O–H groups in total. The third kappa shape index (κ3) is 2.65. The van der Waals surface area contributed by atoms with Crippen molar-refractivity contribution in [3.63, 3.8) is 0 Å². The van der Waals surface area contributed by atoms with Gasteiger partial charge >= 0.3 is 0 Å². The molecule has 1 heterocycles. The summed E-state index contributed by atoms with van der Waals surface area (Å²) in [7, 11) is 0. The van der Waals surface area contributed by atoms with Gasteiger partial charge < -0.3 is 15.3 Å². The number of hydrogen-bond donors (Lipinski definition) is 2. The summed E-state index contributed by atoms with van der Waals surface area (Å²) in [4.78, 5) is 0. The van der Waals surface area contributed by atoms with Gasteiger partial charge in [-0.3, -0.25) is 0 Å². The minimum Gasteiger partial charge on any atom is -0.356 e. The molecular formula is C17H13N3O. The van der Waals surface area contributed by atoms with Crippen LogP contribution in [0.15, 0.2) is 59.1 Å². The molecule has 0 bridgehead atoms. The Labute approximate surface area is 122 Å². The second-order valence-electron chi connectivity index (χ2n) is 4.62. The predicted octanol–water partition coefficient (Wildman–Crippen LogP) is 4.00. The molecule has 1 aromatic heterocycles. The maximum atomic E-state index is 7.30. The van der Waals surface area contributed by atoms with Gasteiger partial charge in [0.05, 0.1) is 0 Å². The van der Waals surface area contributed by atoms with Gasteiger partial charge in [0.15, 0.2) is 5.76 Å². The molecule has 3 aromatic rings. The summed E-state index contributed by atoms with van der Waals surface area (Å²) in [5.41, 5.74) is 4.17. The van der Waals surface area contributed by atoms with E-state index in [1.165, 1.54) is 12.4 Å². The number of aromatic nitrogens is 1. The van der Waals surface area contributed by atoms with E-state index in [1.807, 2.05) is 54.6 Å². The molecule has 2 aromatic carbocycles. The summed E-state index contributed by atoms with van der Waals surface area (Å²) in [6.07, 6.45) is 2.60. The Balaban J connectivity index is 1.99. The van der Waals surface area contributed by atoms with Crippen LogP contribution in [0.2, 0.25) is 0 Å². The first-order valence-electron chi connectivity index (χ1n) is 6.49. The minimum atomic E-state index is 0.661. The SMILES string of the molecule is N=Cc1cccc(-c2cc(-c3cccc(C=N)c3)on2)c1. The van der Waals surface area contributed by atoms with Crippen LogP contribution in [-0.4, -0.2) is 17.6 Å². The molecule has 0 atom stereocenters. The van der Waals surface area contributed by atoms with Crippen molar-refractivity contribution >= 4 is 12.4 Å². The molecule has 3 rings (SSSR count). The van der Waals surface area contributed by atoms with E-state index in [2.05, 4.69) is 5.16 Å². The fourth-order valence-electron chi connectivity index (χ4n) is 2.12. The quantitative estimate of drug-likeness (QED) is 0.706. The summed E-state index contributed by atoms with van der Waals surface area (Å²) < 4.78 is 5.40. The molecular weight excluding hydrogens is 262 g/mol. The Morgan fingerprint density at radius 1 is 0.810 bits per heavy atom. The monoisotopic (exact) mass is 275 g/mol. The first-order chi connectivity index (χ1) is 10.3. The first-order valence-corrected chi connectivity index (χ1v) is 6.49. The van der Waals surface area contributed by atoms with E-state index in [4.69, 9.17) is 15.3 Å². The molecule has 4 nitrogen and oxygen atoms in total. The lowest BCUT2D eigenvalue weighted by Crippen LogP contribution is -1.82. The van der Waals surface area contributed by atoms with Gasteiger partial charge in [-0.15, -0.1) is 0 Å². The van der Waals surface area contributed by atoms with Crippen molar-refractivity contribution in [3.05, 3.63) is 65.7 Å². The van der Waals surface area contributed by atoms with Crippen molar-refractivity contribution in [2.75, 3.05) is 0 Å². The number of nitrogens with one attached hydrogen (secondary N) is 2. The minimum absolute atomic E-state index is 0.661. The topological polar surface area (TPSA) is 73.7 Å². The third-order valence-corrected chi connectivity index (χ3v) is 3.20. The summed E-state index contributed by atoms with van der Waals surface area (Å²) in [5, 5.41) is 18.7. The molecule has 21 heavy (non-hydrogen) atoms. The fraction of sp³-hybridized carbons (Fsp3) is 0. The van der Waals surface area contributed by atoms with Crippen LogP contribution in [-0.2, 0) is 0 Å². The molecule has 102 valence electrons. The standard InChI is InChI=1S/C17H13N3O/c18-10-12-3-1-5-14(7-12)16-9-17(21-20-16)15-6-2-4-13(8-15)11-19/h1-11,18-19H. The highest BCUT2D eigenvalue weighted by Crippen LogP contribution is 2.26. The first kappa shape index (κ1) is 13.0. The second kappa shape index (κ2) is 5.54. The molecule has 0 unspecified atom stereocenters. The molecule has 0 spiro atoms. The van der Waals surface area contributed by atoms with Crippen LogP contribution in [0.4, 0.5) is 0 Å². The van der Waals surface area contributed by atoms with Gasteiger partial charge in [-0.25, -0.2) is 0 Å². The third-order valence-electron chi connectivity index (χ3n) is 3.20. The molecule has 0 saturated heterocycles. The van der Waals surface area contributed by atoms with Crippen molar-refractivity contribution in [1.82, 2.24) is 5.16 Å². The summed E-state index contributed by atoms with van der Waals surface area (Å²) in [5.74, 6) is 0.661. The Kier molecular flexibility index (Phi) is 3.43. The predicted molar refractivity (Wildman–Crippen MR) is 83.1 cm³/mol. The highest BCUT2D eigenvalue weighted by atomic mass is 16.5. The summed E-state index contributed by atoms with van der Waals surface area (Å²) in [6.45, 7) is 0. The van der Waals surface area contributed by atoms with Gasteiger partial charge in [-0.2, -0.15) is 0 Å². The van der Waals surface area contributed by atoms with Gasteiger partial charge in [0.1, 0.15) is 5.69 Å². The van der Waals surface area contributed by atoms with E-state index in [0.717, 1.165) is 27.9 Å². The van der Waals surface area contributed by atoms with E-state index in [9.17, 15) is 0 Å². The zero-order chi connectivity index (χ0) is 14.7. The smallest absolute Gasteiger partial charge is 0.167 e. The lowest BCUT2D eigenvalue weighted by molar-refractivity contribution is 0.435. The number of rotatable bonds is 4. The lowest BCUT2D eigenvalue weighted by Gasteiger charge is -1.97. The molecule has 0 aliphatic rings. The Bertz CT molecular complexity index is 739. The average molecular weight is 275 g/mol. The summed E-state index contributed by atoms with van der Waals surface area (Å²) >= 11 is 0. The Hall–Kier alpha value is -3.01. The highest BCUT2D eigenvalue weighted by Gasteiger charge is 2.09. The molecule has 4 heteroatoms. The normalized spacial score (nSPS) is 10.3. The Morgan fingerprint density at radius 2 is 1.43 bits per heavy atom. The molecule has 0 fully saturated rings. The van der Waals surface area contributed by atoms with Crippen LogP contribution in [0, 0.1) is 10.8 Å². The average Bonchev–Trinajstić information content (AvgIpc) is 3.05. The van der Waals surface area contributed by atoms with Gasteiger partial charge in [-0.05, 0) is 23.3 Å². The lowest BCUT2D eigenvalue weighted by atomic mass is 10.1. The van der Waals surface area contributed by atoms with Crippen molar-refractivity contribution in [3.8, 4) is 22.6 Å². The zero-order valence-corrected chi connectivity index (χ0v) is 11.2. The van der Waals surface area contributed by atoms with E-state index in [-0.39, 0.29) is 0 Å². The van der Waals surface area contributed by atoms with Crippen LogP contribution >= 0.6 is 0 Å². The largest absolute Gasteiger partial charge is 0.356 e. The van der Waals surface area contributed by atoms with Gasteiger partial charge in [0.25, 0.3) is 0 Å². The van der Waals surface area contributed by atoms with Crippen LogP contribution in [0.25, 0.3) is 22.6 Å². The zero-order valence-electron chi connectivity index (χ0n) is 11.2. The van der Waals surface area contributed by atoms with Gasteiger partial charge in [-0.1, -0.05) is 41.6 Å². The van der Waals surface area contributed by atoms with Crippen molar-refractivity contribution in [2.24, 2.45) is 0 Å². The highest BCUT2D eigenvalue weighted by molar-refractivity contribution is 5.81. The van der Waals surface area contributed by atoms with Crippen molar-refractivity contribution < 1.29 is 4.52 Å². The van der Waals surface area contributed by atoms with E-state index in [0.29, 0.717) is 5.76 Å². The molecule has 0 saturated carbocycles. The number of hydrogen-bond acceptors (Lipinski definition) is 4. The van der Waals surface area contributed by atoms with Crippen molar-refractivity contribution in [2.45, 2.75) is 0 Å². The molecule has 0 aliphatic carbocycles. The van der Waals surface area contributed by atoms with Crippen LogP contribution in [0.3, 0.4) is 0 Å². The van der Waals surface area contributed by atoms with Crippen LogP contribution in [0.5, 0.6) is 0 Å². The van der Waals surface area contributed by atoms with Crippen LogP contribution in [0.1, 0.15) is 11.1 Å². The number of benzene rings is 2. The van der Waals surface area contributed by atoms with E-state index in [1.54, 1.807) is 0 Å². The van der Waals surface area contributed by atoms with Crippen molar-refractivity contribution in [1.29, 1.82) is 10.8 Å². The van der Waals surface area contributed by atoms with Crippen LogP contribution < -0.4 is 0 Å². The van der Waals surface area contributed by atoms with E-state index >= 15 is 0 Å². The molecule has 0 aliphatic heterocycles. The fourth-order valence-corrected chi connectivity index (χ4v) is 2.12. The second-order valence-corrected chi connectivity index (χ2v) is 4.62. The number of nitrogens with zero attached hydrogens (tertiary/aromatic N) is 1. The van der Waals surface area contributed by atoms with Gasteiger partial charge in [0, 0.05) is 29.6 Å². The molecule has 0 radical (unpaired) electrons. The van der Waals surface area contributed by atoms with E-state index < -0.39 is 0 Å². The maximum Gasteiger partial charge on any atom is 0.167 e. The Morgan fingerprint density at radius 3 is 2.10 bits per heavy atom. The molecule has 0 amide bonds.